The smallest absolute Gasteiger partial charge is 0.290 e. The summed E-state index contributed by atoms with van der Waals surface area (Å²) < 4.78 is 11.3. The van der Waals surface area contributed by atoms with Gasteiger partial charge in [0.25, 0.3) is 5.91 Å². The number of pyridine rings is 1. The van der Waals surface area contributed by atoms with E-state index in [0.29, 0.717) is 28.1 Å². The minimum Gasteiger partial charge on any atom is -0.450 e. The van der Waals surface area contributed by atoms with Crippen molar-refractivity contribution in [3.05, 3.63) is 74.9 Å². The number of fused-ring (bicyclic) bond motifs is 2. The molecular formula is C23H22ClN3O4. The lowest BCUT2D eigenvalue weighted by molar-refractivity contribution is 0.0353. The van der Waals surface area contributed by atoms with Crippen LogP contribution in [0.4, 0.5) is 0 Å². The van der Waals surface area contributed by atoms with Gasteiger partial charge in [-0.15, -0.1) is 0 Å². The Morgan fingerprint density at radius 3 is 2.74 bits per heavy atom. The predicted molar refractivity (Wildman–Crippen MR) is 116 cm³/mol. The highest BCUT2D eigenvalue weighted by Crippen LogP contribution is 2.38. The second kappa shape index (κ2) is 8.42. The molecule has 7 nitrogen and oxygen atoms in total. The number of morpholine rings is 1. The van der Waals surface area contributed by atoms with Gasteiger partial charge in [-0.3, -0.25) is 19.5 Å². The van der Waals surface area contributed by atoms with Crippen molar-refractivity contribution in [1.82, 2.24) is 14.8 Å². The van der Waals surface area contributed by atoms with E-state index < -0.39 is 6.04 Å². The molecule has 1 saturated heterocycles. The maximum Gasteiger partial charge on any atom is 0.290 e. The average molecular weight is 440 g/mol. The Morgan fingerprint density at radius 2 is 1.97 bits per heavy atom. The number of halogens is 1. The summed E-state index contributed by atoms with van der Waals surface area (Å²) >= 11 is 6.11. The first-order valence-electron chi connectivity index (χ1n) is 10.4. The van der Waals surface area contributed by atoms with Gasteiger partial charge >= 0.3 is 0 Å². The van der Waals surface area contributed by atoms with Crippen molar-refractivity contribution in [2.75, 3.05) is 39.4 Å². The molecule has 1 atom stereocenters. The fraction of sp³-hybridized carbons (Fsp3) is 0.348. The molecule has 31 heavy (non-hydrogen) atoms. The molecule has 0 radical (unpaired) electrons. The quantitative estimate of drug-likeness (QED) is 0.608. The summed E-state index contributed by atoms with van der Waals surface area (Å²) in [6, 6.07) is 8.04. The largest absolute Gasteiger partial charge is 0.450 e. The third-order valence-corrected chi connectivity index (χ3v) is 6.14. The molecular weight excluding hydrogens is 418 g/mol. The number of aromatic nitrogens is 1. The molecule has 8 heteroatoms. The Morgan fingerprint density at radius 1 is 1.13 bits per heavy atom. The van der Waals surface area contributed by atoms with Crippen LogP contribution in [0.3, 0.4) is 0 Å². The summed E-state index contributed by atoms with van der Waals surface area (Å²) in [7, 11) is 0. The summed E-state index contributed by atoms with van der Waals surface area (Å²) in [6.45, 7) is 4.64. The summed E-state index contributed by atoms with van der Waals surface area (Å²) in [5.74, 6) is -0.153. The van der Waals surface area contributed by atoms with Gasteiger partial charge in [-0.1, -0.05) is 17.7 Å². The van der Waals surface area contributed by atoms with E-state index in [-0.39, 0.29) is 17.1 Å². The van der Waals surface area contributed by atoms with E-state index in [1.807, 2.05) is 12.1 Å². The van der Waals surface area contributed by atoms with Gasteiger partial charge in [0.15, 0.2) is 5.43 Å². The van der Waals surface area contributed by atoms with Crippen LogP contribution in [-0.4, -0.2) is 60.1 Å². The molecule has 5 rings (SSSR count). The van der Waals surface area contributed by atoms with Gasteiger partial charge in [-0.25, -0.2) is 0 Å². The minimum atomic E-state index is -0.527. The van der Waals surface area contributed by atoms with Gasteiger partial charge in [0, 0.05) is 43.6 Å². The van der Waals surface area contributed by atoms with Crippen LogP contribution in [-0.2, 0) is 4.74 Å². The van der Waals surface area contributed by atoms with E-state index >= 15 is 0 Å². The van der Waals surface area contributed by atoms with Crippen molar-refractivity contribution in [2.24, 2.45) is 0 Å². The third kappa shape index (κ3) is 3.73. The van der Waals surface area contributed by atoms with Gasteiger partial charge in [0.1, 0.15) is 5.58 Å². The highest BCUT2D eigenvalue weighted by molar-refractivity contribution is 6.31. The topological polar surface area (TPSA) is 75.9 Å². The monoisotopic (exact) mass is 439 g/mol. The number of carbonyl (C=O) groups excluding carboxylic acids is 1. The minimum absolute atomic E-state index is 0.111. The van der Waals surface area contributed by atoms with Crippen LogP contribution in [0, 0.1) is 0 Å². The van der Waals surface area contributed by atoms with E-state index in [1.165, 1.54) is 0 Å². The van der Waals surface area contributed by atoms with Crippen LogP contribution in [0.2, 0.25) is 5.02 Å². The Hall–Kier alpha value is -2.74. The van der Waals surface area contributed by atoms with E-state index in [9.17, 15) is 9.59 Å². The molecule has 2 aromatic heterocycles. The second-order valence-corrected chi connectivity index (χ2v) is 8.25. The fourth-order valence-corrected chi connectivity index (χ4v) is 4.57. The summed E-state index contributed by atoms with van der Waals surface area (Å²) in [6.07, 6.45) is 4.16. The maximum absolute atomic E-state index is 13.4. The van der Waals surface area contributed by atoms with Crippen LogP contribution in [0.25, 0.3) is 11.0 Å². The van der Waals surface area contributed by atoms with Gasteiger partial charge < -0.3 is 14.1 Å². The number of nitrogens with zero attached hydrogens (tertiary/aromatic N) is 3. The highest BCUT2D eigenvalue weighted by Gasteiger charge is 2.42. The molecule has 0 bridgehead atoms. The molecule has 1 amide bonds. The Balaban J connectivity index is 1.52. The number of hydrogen-bond acceptors (Lipinski definition) is 6. The number of rotatable bonds is 5. The van der Waals surface area contributed by atoms with Crippen molar-refractivity contribution in [3.63, 3.8) is 0 Å². The van der Waals surface area contributed by atoms with Gasteiger partial charge in [-0.05, 0) is 36.2 Å². The molecule has 2 aliphatic heterocycles. The molecule has 1 aromatic carbocycles. The van der Waals surface area contributed by atoms with Crippen molar-refractivity contribution < 1.29 is 13.9 Å². The zero-order valence-corrected chi connectivity index (χ0v) is 17.7. The Labute approximate surface area is 184 Å². The standard InChI is InChI=1S/C23H22ClN3O4/c24-16-4-5-18-17(13-16)21(28)19-20(15-3-1-6-25-14-15)27(23(29)22(19)31-18)8-2-7-26-9-11-30-12-10-26/h1,3-6,13-14,20H,2,7-12H2/t20-/m0/s1. The third-order valence-electron chi connectivity index (χ3n) is 5.90. The average Bonchev–Trinajstić information content (AvgIpc) is 3.08. The number of carbonyl (C=O) groups is 1. The molecule has 4 heterocycles. The number of amides is 1. The predicted octanol–water partition coefficient (Wildman–Crippen LogP) is 3.11. The molecule has 0 spiro atoms. The highest BCUT2D eigenvalue weighted by atomic mass is 35.5. The SMILES string of the molecule is O=C1c2oc3ccc(Cl)cc3c(=O)c2[C@H](c2cccnc2)N1CCCN1CCOCC1. The lowest BCUT2D eigenvalue weighted by Gasteiger charge is -2.29. The van der Waals surface area contributed by atoms with Crippen LogP contribution in [0.1, 0.15) is 34.1 Å². The van der Waals surface area contributed by atoms with Crippen molar-refractivity contribution in [1.29, 1.82) is 0 Å². The van der Waals surface area contributed by atoms with Crippen LogP contribution < -0.4 is 5.43 Å². The first-order chi connectivity index (χ1) is 15.1. The van der Waals surface area contributed by atoms with Crippen molar-refractivity contribution in [3.8, 4) is 0 Å². The first-order valence-corrected chi connectivity index (χ1v) is 10.8. The van der Waals surface area contributed by atoms with Crippen LogP contribution >= 0.6 is 11.6 Å². The fourth-order valence-electron chi connectivity index (χ4n) is 4.40. The maximum atomic E-state index is 13.4. The first kappa shape index (κ1) is 20.2. The van der Waals surface area contributed by atoms with E-state index in [1.54, 1.807) is 35.5 Å². The molecule has 0 unspecified atom stereocenters. The second-order valence-electron chi connectivity index (χ2n) is 7.81. The number of ether oxygens (including phenoxy) is 1. The van der Waals surface area contributed by atoms with Crippen LogP contribution in [0.5, 0.6) is 0 Å². The van der Waals surface area contributed by atoms with Crippen LogP contribution in [0.15, 0.2) is 51.9 Å². The molecule has 0 saturated carbocycles. The molecule has 2 aliphatic rings. The molecule has 0 aliphatic carbocycles. The zero-order chi connectivity index (χ0) is 21.4. The summed E-state index contributed by atoms with van der Waals surface area (Å²) in [5.41, 5.74) is 1.28. The molecule has 1 fully saturated rings. The van der Waals surface area contributed by atoms with Crippen molar-refractivity contribution in [2.45, 2.75) is 12.5 Å². The molecule has 0 N–H and O–H groups in total. The Kier molecular flexibility index (Phi) is 5.48. The van der Waals surface area contributed by atoms with Gasteiger partial charge in [0.2, 0.25) is 5.76 Å². The van der Waals surface area contributed by atoms with E-state index in [0.717, 1.165) is 44.8 Å². The normalized spacial score (nSPS) is 19.2. The Bertz CT molecular complexity index is 1170. The number of benzene rings is 1. The summed E-state index contributed by atoms with van der Waals surface area (Å²) in [5, 5.41) is 0.826. The lowest BCUT2D eigenvalue weighted by atomic mass is 10.00. The number of hydrogen-bond donors (Lipinski definition) is 0. The molecule has 160 valence electrons. The molecule has 3 aromatic rings. The van der Waals surface area contributed by atoms with E-state index in [2.05, 4.69) is 9.88 Å². The van der Waals surface area contributed by atoms with Gasteiger partial charge in [0.05, 0.1) is 30.2 Å². The van der Waals surface area contributed by atoms with E-state index in [4.69, 9.17) is 20.8 Å². The zero-order valence-electron chi connectivity index (χ0n) is 16.9. The van der Waals surface area contributed by atoms with Gasteiger partial charge in [-0.2, -0.15) is 0 Å². The lowest BCUT2D eigenvalue weighted by Crippen LogP contribution is -2.38. The summed E-state index contributed by atoms with van der Waals surface area (Å²) in [4.78, 5) is 35.0. The van der Waals surface area contributed by atoms with Crippen molar-refractivity contribution >= 4 is 28.5 Å².